The highest BCUT2D eigenvalue weighted by molar-refractivity contribution is 6.30. The Morgan fingerprint density at radius 3 is 2.74 bits per heavy atom. The van der Waals surface area contributed by atoms with Crippen LogP contribution in [0.1, 0.15) is 69.1 Å². The average Bonchev–Trinajstić information content (AvgIpc) is 2.98. The van der Waals surface area contributed by atoms with Gasteiger partial charge in [-0.1, -0.05) is 18.5 Å². The summed E-state index contributed by atoms with van der Waals surface area (Å²) in [6, 6.07) is 6.09. The molecule has 1 fully saturated rings. The zero-order chi connectivity index (χ0) is 18.1. The van der Waals surface area contributed by atoms with Crippen LogP contribution >= 0.6 is 24.0 Å². The van der Waals surface area contributed by atoms with E-state index in [2.05, 4.69) is 40.0 Å². The van der Waals surface area contributed by atoms with Gasteiger partial charge in [0.05, 0.1) is 24.4 Å². The highest BCUT2D eigenvalue weighted by Gasteiger charge is 2.30. The molecule has 1 aromatic carbocycles. The molecule has 0 spiro atoms. The average molecular weight is 411 g/mol. The van der Waals surface area contributed by atoms with Crippen molar-refractivity contribution < 1.29 is 4.74 Å². The van der Waals surface area contributed by atoms with E-state index in [0.717, 1.165) is 67.6 Å². The summed E-state index contributed by atoms with van der Waals surface area (Å²) in [6.07, 6.45) is 6.23. The first-order valence-electron chi connectivity index (χ1n) is 9.75. The summed E-state index contributed by atoms with van der Waals surface area (Å²) in [6.45, 7) is 5.87. The molecule has 1 aliphatic carbocycles. The van der Waals surface area contributed by atoms with Gasteiger partial charge in [0.15, 0.2) is 5.82 Å². The standard InChI is InChI=1S/C20H27ClN4O.ClH/c1-3-13(2)26-17-7-4-14(5-8-17)20-24-23-19-12-22-11-15-10-16(21)6-9-18(15)25(19)20;/h6,9-10,13-14,17,22H,3-5,7-8,11-12H2,1-2H3;1H/t13?,14-,17-;. The fourth-order valence-electron chi connectivity index (χ4n) is 4.08. The Balaban J connectivity index is 0.00000210. The molecule has 1 aromatic heterocycles. The molecule has 1 N–H and O–H groups in total. The first-order valence-corrected chi connectivity index (χ1v) is 10.1. The molecule has 7 heteroatoms. The van der Waals surface area contributed by atoms with E-state index in [0.29, 0.717) is 18.1 Å². The molecule has 0 bridgehead atoms. The number of rotatable bonds is 4. The van der Waals surface area contributed by atoms with Gasteiger partial charge in [-0.3, -0.25) is 4.57 Å². The molecule has 0 saturated heterocycles. The van der Waals surface area contributed by atoms with Gasteiger partial charge in [-0.25, -0.2) is 0 Å². The molecular formula is C20H28Cl2N4O. The van der Waals surface area contributed by atoms with Crippen molar-refractivity contribution in [1.29, 1.82) is 0 Å². The van der Waals surface area contributed by atoms with Crippen molar-refractivity contribution in [3.8, 4) is 5.69 Å². The van der Waals surface area contributed by atoms with Gasteiger partial charge in [0, 0.05) is 17.5 Å². The lowest BCUT2D eigenvalue weighted by molar-refractivity contribution is -0.0251. The molecule has 4 rings (SSSR count). The number of nitrogens with zero attached hydrogens (tertiary/aromatic N) is 3. The van der Waals surface area contributed by atoms with Crippen molar-refractivity contribution in [2.24, 2.45) is 0 Å². The third-order valence-corrected chi connectivity index (χ3v) is 5.91. The van der Waals surface area contributed by atoms with Crippen LogP contribution in [-0.2, 0) is 17.8 Å². The Bertz CT molecular complexity index is 771. The van der Waals surface area contributed by atoms with Gasteiger partial charge in [-0.15, -0.1) is 22.6 Å². The molecule has 1 saturated carbocycles. The van der Waals surface area contributed by atoms with Crippen LogP contribution in [0, 0.1) is 0 Å². The lowest BCUT2D eigenvalue weighted by atomic mass is 9.86. The summed E-state index contributed by atoms with van der Waals surface area (Å²) in [5.41, 5.74) is 2.36. The number of nitrogens with one attached hydrogen (secondary N) is 1. The van der Waals surface area contributed by atoms with E-state index in [1.165, 1.54) is 5.56 Å². The Morgan fingerprint density at radius 2 is 2.00 bits per heavy atom. The summed E-state index contributed by atoms with van der Waals surface area (Å²) in [7, 11) is 0. The van der Waals surface area contributed by atoms with Crippen LogP contribution in [0.15, 0.2) is 18.2 Å². The second-order valence-electron chi connectivity index (χ2n) is 7.52. The van der Waals surface area contributed by atoms with E-state index in [-0.39, 0.29) is 12.4 Å². The van der Waals surface area contributed by atoms with E-state index in [9.17, 15) is 0 Å². The fraction of sp³-hybridized carbons (Fsp3) is 0.600. The molecule has 5 nitrogen and oxygen atoms in total. The van der Waals surface area contributed by atoms with Crippen molar-refractivity contribution in [3.63, 3.8) is 0 Å². The maximum absolute atomic E-state index is 6.21. The van der Waals surface area contributed by atoms with E-state index in [1.807, 2.05) is 12.1 Å². The fourth-order valence-corrected chi connectivity index (χ4v) is 4.27. The summed E-state index contributed by atoms with van der Waals surface area (Å²) < 4.78 is 8.40. The van der Waals surface area contributed by atoms with Crippen molar-refractivity contribution >= 4 is 24.0 Å². The Morgan fingerprint density at radius 1 is 1.22 bits per heavy atom. The Hall–Kier alpha value is -1.14. The van der Waals surface area contributed by atoms with Crippen LogP contribution < -0.4 is 5.32 Å². The largest absolute Gasteiger partial charge is 0.375 e. The van der Waals surface area contributed by atoms with Crippen molar-refractivity contribution in [1.82, 2.24) is 20.1 Å². The van der Waals surface area contributed by atoms with E-state index >= 15 is 0 Å². The zero-order valence-electron chi connectivity index (χ0n) is 15.9. The maximum Gasteiger partial charge on any atom is 0.151 e. The van der Waals surface area contributed by atoms with Crippen LogP contribution in [0.4, 0.5) is 0 Å². The molecule has 1 aliphatic heterocycles. The summed E-state index contributed by atoms with van der Waals surface area (Å²) >= 11 is 6.21. The van der Waals surface area contributed by atoms with Crippen molar-refractivity contribution in [2.45, 2.75) is 77.2 Å². The molecule has 2 aliphatic rings. The highest BCUT2D eigenvalue weighted by atomic mass is 35.5. The van der Waals surface area contributed by atoms with Crippen molar-refractivity contribution in [2.75, 3.05) is 0 Å². The van der Waals surface area contributed by atoms with Gasteiger partial charge in [0.1, 0.15) is 5.82 Å². The number of benzene rings is 1. The second kappa shape index (κ2) is 8.91. The first kappa shape index (κ1) is 20.6. The highest BCUT2D eigenvalue weighted by Crippen LogP contribution is 2.36. The molecule has 2 heterocycles. The zero-order valence-corrected chi connectivity index (χ0v) is 17.5. The number of halogens is 2. The minimum atomic E-state index is 0. The lowest BCUT2D eigenvalue weighted by Gasteiger charge is -2.30. The lowest BCUT2D eigenvalue weighted by Crippen LogP contribution is -2.25. The van der Waals surface area contributed by atoms with Crippen LogP contribution in [-0.4, -0.2) is 27.0 Å². The Labute approximate surface area is 172 Å². The molecule has 0 amide bonds. The summed E-state index contributed by atoms with van der Waals surface area (Å²) in [5.74, 6) is 2.52. The third kappa shape index (κ3) is 4.32. The molecule has 2 aromatic rings. The normalized spacial score (nSPS) is 22.9. The Kier molecular flexibility index (Phi) is 6.79. The topological polar surface area (TPSA) is 52.0 Å². The molecule has 27 heavy (non-hydrogen) atoms. The molecule has 1 unspecified atom stereocenters. The smallest absolute Gasteiger partial charge is 0.151 e. The van der Waals surface area contributed by atoms with E-state index in [1.54, 1.807) is 0 Å². The van der Waals surface area contributed by atoms with Gasteiger partial charge in [-0.2, -0.15) is 0 Å². The molecule has 1 atom stereocenters. The van der Waals surface area contributed by atoms with Crippen LogP contribution in [0.5, 0.6) is 0 Å². The molecular weight excluding hydrogens is 383 g/mol. The monoisotopic (exact) mass is 410 g/mol. The van der Waals surface area contributed by atoms with Crippen LogP contribution in [0.2, 0.25) is 5.02 Å². The number of hydrogen-bond donors (Lipinski definition) is 1. The number of fused-ring (bicyclic) bond motifs is 3. The van der Waals surface area contributed by atoms with Gasteiger partial charge in [0.25, 0.3) is 0 Å². The predicted octanol–water partition coefficient (Wildman–Crippen LogP) is 4.79. The molecule has 0 radical (unpaired) electrons. The van der Waals surface area contributed by atoms with Gasteiger partial charge >= 0.3 is 0 Å². The van der Waals surface area contributed by atoms with Crippen LogP contribution in [0.25, 0.3) is 5.69 Å². The quantitative estimate of drug-likeness (QED) is 0.786. The number of aromatic nitrogens is 3. The first-order chi connectivity index (χ1) is 12.7. The molecule has 148 valence electrons. The SMILES string of the molecule is CCC(C)O[C@H]1CC[C@H](c2nnc3n2-c2ccc(Cl)cc2CNC3)CC1.Cl. The van der Waals surface area contributed by atoms with Gasteiger partial charge in [0.2, 0.25) is 0 Å². The van der Waals surface area contributed by atoms with Crippen molar-refractivity contribution in [3.05, 3.63) is 40.4 Å². The minimum Gasteiger partial charge on any atom is -0.375 e. The van der Waals surface area contributed by atoms with Crippen LogP contribution in [0.3, 0.4) is 0 Å². The predicted molar refractivity (Wildman–Crippen MR) is 110 cm³/mol. The summed E-state index contributed by atoms with van der Waals surface area (Å²) in [4.78, 5) is 0. The maximum atomic E-state index is 6.21. The number of ether oxygens (including phenoxy) is 1. The third-order valence-electron chi connectivity index (χ3n) is 5.68. The van der Waals surface area contributed by atoms with Gasteiger partial charge < -0.3 is 10.1 Å². The second-order valence-corrected chi connectivity index (χ2v) is 7.95. The van der Waals surface area contributed by atoms with E-state index in [4.69, 9.17) is 16.3 Å². The minimum absolute atomic E-state index is 0. The van der Waals surface area contributed by atoms with E-state index < -0.39 is 0 Å². The van der Waals surface area contributed by atoms with Gasteiger partial charge in [-0.05, 0) is 62.8 Å². The number of hydrogen-bond acceptors (Lipinski definition) is 4. The summed E-state index contributed by atoms with van der Waals surface area (Å²) in [5, 5.41) is 13.3.